The molecule has 0 saturated heterocycles. The average Bonchev–Trinajstić information content (AvgIpc) is 2.55. The highest BCUT2D eigenvalue weighted by atomic mass is 35.5. The Kier molecular flexibility index (Phi) is 4.92. The zero-order valence-corrected chi connectivity index (χ0v) is 13.9. The Balaban J connectivity index is 1.80. The van der Waals surface area contributed by atoms with Gasteiger partial charge in [0, 0.05) is 23.3 Å². The molecule has 2 aromatic rings. The molecule has 1 aromatic heterocycles. The second kappa shape index (κ2) is 7.10. The van der Waals surface area contributed by atoms with Crippen molar-refractivity contribution in [2.45, 2.75) is 32.6 Å². The van der Waals surface area contributed by atoms with Gasteiger partial charge in [-0.2, -0.15) is 0 Å². The summed E-state index contributed by atoms with van der Waals surface area (Å²) in [7, 11) is 0. The van der Waals surface area contributed by atoms with Crippen LogP contribution >= 0.6 is 11.6 Å². The number of benzene rings is 1. The lowest BCUT2D eigenvalue weighted by molar-refractivity contribution is 0.628. The lowest BCUT2D eigenvalue weighted by atomic mass is 9.97. The summed E-state index contributed by atoms with van der Waals surface area (Å²) in [5, 5.41) is 0.817. The number of hydrogen-bond donors (Lipinski definition) is 0. The van der Waals surface area contributed by atoms with Gasteiger partial charge in [0.15, 0.2) is 0 Å². The minimum absolute atomic E-state index is 0.106. The van der Waals surface area contributed by atoms with Crippen molar-refractivity contribution in [2.24, 2.45) is 0 Å². The molecule has 3 heteroatoms. The molecule has 0 spiro atoms. The van der Waals surface area contributed by atoms with E-state index in [1.165, 1.54) is 0 Å². The molecular formula is C20H19ClFN. The van der Waals surface area contributed by atoms with Crippen molar-refractivity contribution in [1.82, 2.24) is 4.98 Å². The van der Waals surface area contributed by atoms with Gasteiger partial charge < -0.3 is 0 Å². The van der Waals surface area contributed by atoms with Gasteiger partial charge in [-0.25, -0.2) is 4.39 Å². The van der Waals surface area contributed by atoms with E-state index in [4.69, 9.17) is 11.6 Å². The molecule has 118 valence electrons. The van der Waals surface area contributed by atoms with Crippen LogP contribution in [0.2, 0.25) is 5.02 Å². The predicted molar refractivity (Wildman–Crippen MR) is 93.4 cm³/mol. The molecule has 1 nitrogen and oxygen atoms in total. The van der Waals surface area contributed by atoms with Gasteiger partial charge in [0.25, 0.3) is 0 Å². The summed E-state index contributed by atoms with van der Waals surface area (Å²) in [6, 6.07) is 10.1. The molecule has 0 unspecified atom stereocenters. The maximum Gasteiger partial charge on any atom is 0.122 e. The topological polar surface area (TPSA) is 12.9 Å². The van der Waals surface area contributed by atoms with Crippen molar-refractivity contribution in [3.05, 3.63) is 87.5 Å². The average molecular weight is 328 g/mol. The zero-order chi connectivity index (χ0) is 16.2. The quantitative estimate of drug-likeness (QED) is 0.696. The third kappa shape index (κ3) is 3.89. The number of rotatable bonds is 4. The Labute approximate surface area is 141 Å². The molecule has 3 rings (SSSR count). The van der Waals surface area contributed by atoms with Gasteiger partial charge in [-0.3, -0.25) is 4.98 Å². The fourth-order valence-corrected chi connectivity index (χ4v) is 3.07. The highest BCUT2D eigenvalue weighted by molar-refractivity contribution is 6.32. The first-order valence-electron chi connectivity index (χ1n) is 7.85. The van der Waals surface area contributed by atoms with Crippen LogP contribution in [-0.4, -0.2) is 4.98 Å². The Bertz CT molecular complexity index is 777. The van der Waals surface area contributed by atoms with Crippen molar-refractivity contribution in [2.75, 3.05) is 0 Å². The molecule has 1 aliphatic rings. The van der Waals surface area contributed by atoms with Crippen LogP contribution in [0.3, 0.4) is 0 Å². The van der Waals surface area contributed by atoms with E-state index in [2.05, 4.69) is 11.1 Å². The van der Waals surface area contributed by atoms with Crippen LogP contribution in [0.1, 0.15) is 35.2 Å². The Morgan fingerprint density at radius 1 is 1.22 bits per heavy atom. The van der Waals surface area contributed by atoms with Crippen molar-refractivity contribution in [3.8, 4) is 0 Å². The summed E-state index contributed by atoms with van der Waals surface area (Å²) < 4.78 is 13.8. The zero-order valence-electron chi connectivity index (χ0n) is 13.2. The summed E-state index contributed by atoms with van der Waals surface area (Å²) in [6.45, 7) is 2.01. The van der Waals surface area contributed by atoms with Crippen LogP contribution in [0.4, 0.5) is 4.39 Å². The smallest absolute Gasteiger partial charge is 0.122 e. The lowest BCUT2D eigenvalue weighted by Crippen LogP contribution is -2.00. The highest BCUT2D eigenvalue weighted by Crippen LogP contribution is 2.25. The second-order valence-corrected chi connectivity index (χ2v) is 6.33. The van der Waals surface area contributed by atoms with E-state index in [1.807, 2.05) is 37.3 Å². The Hall–Kier alpha value is -1.93. The number of aromatic nitrogens is 1. The van der Waals surface area contributed by atoms with Crippen molar-refractivity contribution in [3.63, 3.8) is 0 Å². The van der Waals surface area contributed by atoms with Gasteiger partial charge >= 0.3 is 0 Å². The highest BCUT2D eigenvalue weighted by Gasteiger charge is 2.11. The summed E-state index contributed by atoms with van der Waals surface area (Å²) in [4.78, 5) is 4.39. The van der Waals surface area contributed by atoms with Crippen LogP contribution in [0.15, 0.2) is 60.1 Å². The summed E-state index contributed by atoms with van der Waals surface area (Å²) in [5.74, 6) is -0.106. The standard InChI is InChI=1S/C20H19ClFN/c1-14-5-4-7-17(20(14)21)11-15-9-10-23-18(12-15)13-16-6-2-3-8-19(16)22/h3-5,7-10,12H,2,6,11,13H2,1H3. The fraction of sp³-hybridized carbons (Fsp3) is 0.250. The van der Waals surface area contributed by atoms with E-state index < -0.39 is 0 Å². The number of pyridine rings is 1. The molecule has 0 fully saturated rings. The molecule has 0 atom stereocenters. The van der Waals surface area contributed by atoms with Crippen LogP contribution in [0, 0.1) is 6.92 Å². The van der Waals surface area contributed by atoms with Crippen LogP contribution in [0.5, 0.6) is 0 Å². The second-order valence-electron chi connectivity index (χ2n) is 5.95. The summed E-state index contributed by atoms with van der Waals surface area (Å²) in [6.07, 6.45) is 8.26. The molecule has 1 aliphatic carbocycles. The fourth-order valence-electron chi connectivity index (χ4n) is 2.87. The number of halogens is 2. The van der Waals surface area contributed by atoms with E-state index in [0.29, 0.717) is 6.42 Å². The third-order valence-corrected chi connectivity index (χ3v) is 4.70. The Morgan fingerprint density at radius 3 is 2.91 bits per heavy atom. The molecule has 0 saturated carbocycles. The lowest BCUT2D eigenvalue weighted by Gasteiger charge is -2.12. The van der Waals surface area contributed by atoms with Gasteiger partial charge in [0.2, 0.25) is 0 Å². The molecule has 0 aliphatic heterocycles. The number of aryl methyl sites for hydroxylation is 1. The largest absolute Gasteiger partial charge is 0.261 e. The minimum atomic E-state index is -0.106. The number of allylic oxidation sites excluding steroid dienone is 4. The normalized spacial score (nSPS) is 14.4. The van der Waals surface area contributed by atoms with Crippen molar-refractivity contribution < 1.29 is 4.39 Å². The monoisotopic (exact) mass is 327 g/mol. The SMILES string of the molecule is Cc1cccc(Cc2ccnc(CC3=C(F)C=CCC3)c2)c1Cl. The van der Waals surface area contributed by atoms with Gasteiger partial charge in [0.05, 0.1) is 0 Å². The summed E-state index contributed by atoms with van der Waals surface area (Å²) >= 11 is 6.38. The molecular weight excluding hydrogens is 309 g/mol. The van der Waals surface area contributed by atoms with Gasteiger partial charge in [-0.05, 0) is 66.7 Å². The van der Waals surface area contributed by atoms with Crippen LogP contribution in [0.25, 0.3) is 0 Å². The van der Waals surface area contributed by atoms with E-state index in [-0.39, 0.29) is 5.83 Å². The molecule has 23 heavy (non-hydrogen) atoms. The Morgan fingerprint density at radius 2 is 2.09 bits per heavy atom. The first kappa shape index (κ1) is 15.9. The first-order valence-corrected chi connectivity index (χ1v) is 8.23. The van der Waals surface area contributed by atoms with Gasteiger partial charge in [-0.15, -0.1) is 0 Å². The molecule has 1 heterocycles. The maximum atomic E-state index is 13.8. The van der Waals surface area contributed by atoms with E-state index >= 15 is 0 Å². The maximum absolute atomic E-state index is 13.8. The predicted octanol–water partition coefficient (Wildman–Crippen LogP) is 5.75. The molecule has 0 radical (unpaired) electrons. The number of nitrogens with zero attached hydrogens (tertiary/aromatic N) is 1. The van der Waals surface area contributed by atoms with E-state index in [9.17, 15) is 4.39 Å². The van der Waals surface area contributed by atoms with Crippen molar-refractivity contribution in [1.29, 1.82) is 0 Å². The first-order chi connectivity index (χ1) is 11.1. The number of hydrogen-bond acceptors (Lipinski definition) is 1. The molecule has 0 amide bonds. The van der Waals surface area contributed by atoms with Crippen molar-refractivity contribution >= 4 is 11.6 Å². The summed E-state index contributed by atoms with van der Waals surface area (Å²) in [5.41, 5.74) is 5.09. The van der Waals surface area contributed by atoms with E-state index in [1.54, 1.807) is 12.3 Å². The van der Waals surface area contributed by atoms with E-state index in [0.717, 1.165) is 52.2 Å². The molecule has 1 aromatic carbocycles. The molecule has 0 N–H and O–H groups in total. The van der Waals surface area contributed by atoms with Gasteiger partial charge in [-0.1, -0.05) is 35.9 Å². The third-order valence-electron chi connectivity index (χ3n) is 4.16. The minimum Gasteiger partial charge on any atom is -0.261 e. The molecule has 0 bridgehead atoms. The van der Waals surface area contributed by atoms with Crippen LogP contribution in [-0.2, 0) is 12.8 Å². The van der Waals surface area contributed by atoms with Crippen LogP contribution < -0.4 is 0 Å². The van der Waals surface area contributed by atoms with Gasteiger partial charge in [0.1, 0.15) is 5.83 Å².